The van der Waals surface area contributed by atoms with Gasteiger partial charge in [-0.3, -0.25) is 4.98 Å². The van der Waals surface area contributed by atoms with E-state index in [-0.39, 0.29) is 23.9 Å². The van der Waals surface area contributed by atoms with E-state index < -0.39 is 18.3 Å². The first-order valence-corrected chi connectivity index (χ1v) is 6.02. The second kappa shape index (κ2) is 23.0. The van der Waals surface area contributed by atoms with Crippen molar-refractivity contribution in [1.29, 1.82) is 0 Å². The van der Waals surface area contributed by atoms with Crippen molar-refractivity contribution in [2.24, 2.45) is 0 Å². The summed E-state index contributed by atoms with van der Waals surface area (Å²) in [6.45, 7) is 9.67. The number of hydrogen-bond acceptors (Lipinski definition) is 4. The smallest absolute Gasteiger partial charge is 0.852 e. The molecule has 1 radical (unpaired) electrons. The van der Waals surface area contributed by atoms with Gasteiger partial charge in [-0.1, -0.05) is 47.6 Å². The van der Waals surface area contributed by atoms with Gasteiger partial charge in [0.25, 0.3) is 0 Å². The Labute approximate surface area is 134 Å². The van der Waals surface area contributed by atoms with E-state index in [0.717, 1.165) is 0 Å². The molecule has 0 bridgehead atoms. The topological polar surface area (TPSA) is 82.1 Å². The van der Waals surface area contributed by atoms with Gasteiger partial charge in [0.2, 0.25) is 0 Å². The van der Waals surface area contributed by atoms with Crippen molar-refractivity contribution in [3.05, 3.63) is 30.6 Å². The van der Waals surface area contributed by atoms with Crippen LogP contribution in [0, 0.1) is 0 Å². The summed E-state index contributed by atoms with van der Waals surface area (Å²) in [5.74, 6) is 0. The summed E-state index contributed by atoms with van der Waals surface area (Å²) in [4.78, 5) is 3.78. The van der Waals surface area contributed by atoms with E-state index in [1.807, 2.05) is 18.2 Å². The van der Waals surface area contributed by atoms with E-state index in [1.165, 1.54) is 0 Å². The van der Waals surface area contributed by atoms with Crippen LogP contribution in [-0.2, 0) is 0 Å². The van der Waals surface area contributed by atoms with Crippen LogP contribution in [0.3, 0.4) is 0 Å². The van der Waals surface area contributed by atoms with E-state index in [9.17, 15) is 15.3 Å². The summed E-state index contributed by atoms with van der Waals surface area (Å²) in [5, 5.41) is 28.6. The van der Waals surface area contributed by atoms with Gasteiger partial charge in [-0.05, 0) is 12.1 Å². The van der Waals surface area contributed by atoms with Crippen molar-refractivity contribution in [2.45, 2.75) is 59.9 Å². The van der Waals surface area contributed by atoms with Gasteiger partial charge in [0.1, 0.15) is 0 Å². The summed E-state index contributed by atoms with van der Waals surface area (Å²) in [5.41, 5.74) is 0. The molecule has 0 atom stereocenters. The molecule has 1 rings (SSSR count). The number of aromatic nitrogens is 1. The quantitative estimate of drug-likeness (QED) is 0.597. The van der Waals surface area contributed by atoms with Crippen molar-refractivity contribution in [3.63, 3.8) is 0 Å². The number of nitrogens with zero attached hydrogens (tertiary/aromatic N) is 1. The summed E-state index contributed by atoms with van der Waals surface area (Å²) in [7, 11) is 0. The van der Waals surface area contributed by atoms with Gasteiger partial charge in [-0.25, -0.2) is 0 Å². The van der Waals surface area contributed by atoms with Crippen LogP contribution < -0.4 is 15.3 Å². The molecule has 19 heavy (non-hydrogen) atoms. The summed E-state index contributed by atoms with van der Waals surface area (Å²) in [6.07, 6.45) is 2.25. The van der Waals surface area contributed by atoms with Crippen LogP contribution in [0.5, 0.6) is 0 Å². The van der Waals surface area contributed by atoms with E-state index in [4.69, 9.17) is 0 Å². The molecule has 0 fully saturated rings. The molecule has 0 aliphatic carbocycles. The van der Waals surface area contributed by atoms with Crippen LogP contribution in [0.2, 0.25) is 0 Å². The minimum Gasteiger partial charge on any atom is -0.852 e. The molecule has 5 heteroatoms. The number of rotatable bonds is 0. The van der Waals surface area contributed by atoms with Crippen LogP contribution in [-0.4, -0.2) is 47.2 Å². The number of pyridine rings is 1. The maximum absolute atomic E-state index is 9.53. The van der Waals surface area contributed by atoms with Gasteiger partial charge in [-0.15, -0.1) is 18.3 Å². The van der Waals surface area contributed by atoms with Gasteiger partial charge in [0, 0.05) is 12.4 Å². The minimum atomic E-state index is -0.417. The second-order valence-corrected chi connectivity index (χ2v) is 4.17. The van der Waals surface area contributed by atoms with E-state index in [2.05, 4.69) is 4.98 Å². The maximum Gasteiger partial charge on any atom is 3.00 e. The Bertz CT molecular complexity index is 170. The van der Waals surface area contributed by atoms with Gasteiger partial charge in [-0.2, -0.15) is 0 Å². The van der Waals surface area contributed by atoms with Crippen LogP contribution in [0.15, 0.2) is 30.6 Å². The van der Waals surface area contributed by atoms with E-state index >= 15 is 0 Å². The monoisotopic (exact) mass is 376 g/mol. The summed E-state index contributed by atoms with van der Waals surface area (Å²) in [6, 6.07) is 5.72. The molecule has 0 saturated heterocycles. The molecule has 0 aliphatic heterocycles. The third-order valence-corrected chi connectivity index (χ3v) is 0.566. The Morgan fingerprint density at radius 2 is 0.842 bits per heavy atom. The Kier molecular flexibility index (Phi) is 32.9. The van der Waals surface area contributed by atoms with Crippen LogP contribution in [0.25, 0.3) is 0 Å². The van der Waals surface area contributed by atoms with Gasteiger partial charge < -0.3 is 15.3 Å². The fraction of sp³-hybridized carbons (Fsp3) is 0.643. The summed E-state index contributed by atoms with van der Waals surface area (Å²) < 4.78 is 0. The zero-order valence-corrected chi connectivity index (χ0v) is 15.6. The van der Waals surface area contributed by atoms with Gasteiger partial charge >= 0.3 is 23.9 Å². The first-order valence-electron chi connectivity index (χ1n) is 6.02. The standard InChI is InChI=1S/C5H5N.3C3H7O.Sn/c1-2-4-6-5-3-1;3*1-3(2)4;/h1-5H;3*3H,1-2H3;/q;3*-1;+3. The molecule has 0 spiro atoms. The zero-order valence-electron chi connectivity index (χ0n) is 12.8. The molecule has 1 aromatic heterocycles. The molecule has 1 heterocycles. The maximum atomic E-state index is 9.53. The van der Waals surface area contributed by atoms with Crippen LogP contribution >= 0.6 is 0 Å². The van der Waals surface area contributed by atoms with Crippen molar-refractivity contribution < 1.29 is 15.3 Å². The fourth-order valence-corrected chi connectivity index (χ4v) is 0.313. The average Bonchev–Trinajstić information content (AvgIpc) is 2.17. The third kappa shape index (κ3) is 131. The Morgan fingerprint density at radius 3 is 0.895 bits per heavy atom. The molecule has 109 valence electrons. The molecule has 4 nitrogen and oxygen atoms in total. The largest absolute Gasteiger partial charge is 3.00 e. The van der Waals surface area contributed by atoms with Crippen molar-refractivity contribution in [3.8, 4) is 0 Å². The zero-order chi connectivity index (χ0) is 15.0. The molecule has 0 unspecified atom stereocenters. The normalized spacial score (nSPS) is 8.21. The van der Waals surface area contributed by atoms with Gasteiger partial charge in [0.05, 0.1) is 0 Å². The second-order valence-electron chi connectivity index (χ2n) is 4.17. The minimum absolute atomic E-state index is 0. The third-order valence-electron chi connectivity index (χ3n) is 0.566. The molecular weight excluding hydrogens is 349 g/mol. The van der Waals surface area contributed by atoms with E-state index in [0.29, 0.717) is 0 Å². The predicted molar refractivity (Wildman–Crippen MR) is 75.4 cm³/mol. The molecule has 0 aliphatic rings. The van der Waals surface area contributed by atoms with E-state index in [1.54, 1.807) is 53.9 Å². The van der Waals surface area contributed by atoms with Crippen LogP contribution in [0.4, 0.5) is 0 Å². The average molecular weight is 375 g/mol. The predicted octanol–water partition coefficient (Wildman–Crippen LogP) is -0.0339. The van der Waals surface area contributed by atoms with Gasteiger partial charge in [0.15, 0.2) is 0 Å². The number of hydrogen-bond donors (Lipinski definition) is 0. The summed E-state index contributed by atoms with van der Waals surface area (Å²) >= 11 is 0. The van der Waals surface area contributed by atoms with Crippen molar-refractivity contribution in [1.82, 2.24) is 4.98 Å². The Hall–Kier alpha value is -0.171. The molecule has 0 aromatic carbocycles. The van der Waals surface area contributed by atoms with Crippen molar-refractivity contribution in [2.75, 3.05) is 0 Å². The fourth-order valence-electron chi connectivity index (χ4n) is 0.313. The first-order chi connectivity index (χ1) is 8.20. The Balaban J connectivity index is -0.0000000796. The molecule has 0 N–H and O–H groups in total. The SMILES string of the molecule is CC(C)[O-].CC(C)[O-].CC(C)[O-].[Sn+3].c1ccncc1. The van der Waals surface area contributed by atoms with Crippen molar-refractivity contribution >= 4 is 23.9 Å². The molecule has 1 aromatic rings. The molecule has 0 amide bonds. The first kappa shape index (κ1) is 27.2. The molecule has 0 saturated carbocycles. The van der Waals surface area contributed by atoms with Crippen LogP contribution in [0.1, 0.15) is 41.5 Å². The molecular formula is C14H26NO3Sn. The Morgan fingerprint density at radius 1 is 0.632 bits per heavy atom.